The molecular formula is C25H26FN5O2S. The molecule has 9 heteroatoms. The lowest BCUT2D eigenvalue weighted by Crippen LogP contribution is -2.50. The summed E-state index contributed by atoms with van der Waals surface area (Å²) in [5.41, 5.74) is 2.97. The van der Waals surface area contributed by atoms with E-state index in [1.807, 2.05) is 45.7 Å². The van der Waals surface area contributed by atoms with Crippen LogP contribution in [0.1, 0.15) is 32.1 Å². The molecule has 4 rings (SSSR count). The molecule has 1 saturated heterocycles. The smallest absolute Gasteiger partial charge is 0.264 e. The summed E-state index contributed by atoms with van der Waals surface area (Å²) >= 11 is 1.43. The lowest BCUT2D eigenvalue weighted by molar-refractivity contribution is -0.117. The van der Waals surface area contributed by atoms with Crippen molar-refractivity contribution in [3.05, 3.63) is 74.9 Å². The summed E-state index contributed by atoms with van der Waals surface area (Å²) in [5.74, 6) is -0.0411. The second kappa shape index (κ2) is 10.2. The van der Waals surface area contributed by atoms with Crippen molar-refractivity contribution in [2.45, 2.75) is 20.4 Å². The van der Waals surface area contributed by atoms with Gasteiger partial charge in [-0.25, -0.2) is 4.39 Å². The molecule has 0 radical (unpaired) electrons. The van der Waals surface area contributed by atoms with Gasteiger partial charge in [0.2, 0.25) is 5.91 Å². The van der Waals surface area contributed by atoms with Gasteiger partial charge in [0, 0.05) is 38.4 Å². The molecule has 176 valence electrons. The maximum Gasteiger partial charge on any atom is 0.264 e. The van der Waals surface area contributed by atoms with Gasteiger partial charge in [0.15, 0.2) is 0 Å². The number of nitriles is 1. The molecule has 0 spiro atoms. The monoisotopic (exact) mass is 479 g/mol. The number of amides is 2. The van der Waals surface area contributed by atoms with Crippen LogP contribution in [0.4, 0.5) is 10.2 Å². The molecule has 1 aliphatic heterocycles. The van der Waals surface area contributed by atoms with Crippen molar-refractivity contribution in [1.82, 2.24) is 14.4 Å². The van der Waals surface area contributed by atoms with Crippen molar-refractivity contribution in [1.29, 1.82) is 5.26 Å². The van der Waals surface area contributed by atoms with Gasteiger partial charge in [-0.05, 0) is 48.6 Å². The van der Waals surface area contributed by atoms with Gasteiger partial charge in [0.05, 0.1) is 17.0 Å². The van der Waals surface area contributed by atoms with Crippen LogP contribution < -0.4 is 5.32 Å². The lowest BCUT2D eigenvalue weighted by atomic mass is 10.2. The fourth-order valence-corrected chi connectivity index (χ4v) is 4.83. The molecule has 2 aromatic heterocycles. The second-order valence-electron chi connectivity index (χ2n) is 8.35. The molecule has 1 fully saturated rings. The lowest BCUT2D eigenvalue weighted by Gasteiger charge is -2.34. The number of nitrogens with one attached hydrogen (secondary N) is 1. The number of piperazine rings is 1. The molecule has 2 amide bonds. The Morgan fingerprint density at radius 2 is 1.82 bits per heavy atom. The van der Waals surface area contributed by atoms with Crippen LogP contribution in [0.25, 0.3) is 0 Å². The number of carbonyl (C=O) groups is 2. The fraction of sp³-hybridized carbons (Fsp3) is 0.320. The van der Waals surface area contributed by atoms with Gasteiger partial charge in [-0.3, -0.25) is 14.5 Å². The molecule has 1 aromatic carbocycles. The van der Waals surface area contributed by atoms with Crippen molar-refractivity contribution >= 4 is 29.0 Å². The maximum atomic E-state index is 13.3. The van der Waals surface area contributed by atoms with Gasteiger partial charge in [0.25, 0.3) is 5.91 Å². The zero-order valence-electron chi connectivity index (χ0n) is 19.2. The minimum atomic E-state index is -0.312. The number of hydrogen-bond donors (Lipinski definition) is 1. The van der Waals surface area contributed by atoms with E-state index in [2.05, 4.69) is 11.4 Å². The zero-order chi connectivity index (χ0) is 24.2. The van der Waals surface area contributed by atoms with Crippen LogP contribution in [0, 0.1) is 31.0 Å². The van der Waals surface area contributed by atoms with Crippen LogP contribution in [0.15, 0.2) is 41.8 Å². The third-order valence-corrected chi connectivity index (χ3v) is 7.07. The van der Waals surface area contributed by atoms with E-state index in [1.54, 1.807) is 12.1 Å². The minimum absolute atomic E-state index is 0.0299. The highest BCUT2D eigenvalue weighted by Gasteiger charge is 2.25. The molecule has 3 aromatic rings. The highest BCUT2D eigenvalue weighted by molar-refractivity contribution is 7.12. The second-order valence-corrected chi connectivity index (χ2v) is 9.30. The summed E-state index contributed by atoms with van der Waals surface area (Å²) in [6.45, 7) is 6.67. The normalized spacial score (nSPS) is 14.1. The average molecular weight is 480 g/mol. The Balaban J connectivity index is 1.42. The van der Waals surface area contributed by atoms with Gasteiger partial charge in [-0.15, -0.1) is 11.3 Å². The summed E-state index contributed by atoms with van der Waals surface area (Å²) in [6.07, 6.45) is 0. The Hall–Kier alpha value is -3.48. The summed E-state index contributed by atoms with van der Waals surface area (Å²) in [5, 5.41) is 14.5. The van der Waals surface area contributed by atoms with Crippen LogP contribution in [-0.4, -0.2) is 58.9 Å². The molecule has 0 saturated carbocycles. The number of rotatable bonds is 6. The predicted molar refractivity (Wildman–Crippen MR) is 129 cm³/mol. The highest BCUT2D eigenvalue weighted by Crippen LogP contribution is 2.27. The molecule has 0 aliphatic carbocycles. The predicted octanol–water partition coefficient (Wildman–Crippen LogP) is 3.62. The Morgan fingerprint density at radius 3 is 2.44 bits per heavy atom. The number of carbonyl (C=O) groups excluding carboxylic acids is 2. The highest BCUT2D eigenvalue weighted by atomic mass is 32.1. The van der Waals surface area contributed by atoms with E-state index in [0.717, 1.165) is 21.7 Å². The number of nitrogens with zero attached hydrogens (tertiary/aromatic N) is 4. The summed E-state index contributed by atoms with van der Waals surface area (Å²) in [6, 6.07) is 12.1. The third kappa shape index (κ3) is 5.03. The molecule has 1 N–H and O–H groups in total. The largest absolute Gasteiger partial charge is 0.335 e. The van der Waals surface area contributed by atoms with Gasteiger partial charge in [0.1, 0.15) is 17.7 Å². The van der Waals surface area contributed by atoms with Gasteiger partial charge in [-0.2, -0.15) is 5.26 Å². The topological polar surface area (TPSA) is 81.4 Å². The summed E-state index contributed by atoms with van der Waals surface area (Å²) < 4.78 is 15.2. The number of hydrogen-bond acceptors (Lipinski definition) is 5. The molecule has 3 heterocycles. The number of anilines is 1. The maximum absolute atomic E-state index is 13.3. The Labute approximate surface area is 202 Å². The van der Waals surface area contributed by atoms with E-state index < -0.39 is 0 Å². The van der Waals surface area contributed by atoms with Gasteiger partial charge >= 0.3 is 0 Å². The molecule has 1 aliphatic rings. The van der Waals surface area contributed by atoms with Gasteiger partial charge < -0.3 is 14.8 Å². The van der Waals surface area contributed by atoms with Crippen molar-refractivity contribution in [2.75, 3.05) is 38.0 Å². The number of benzene rings is 1. The van der Waals surface area contributed by atoms with Crippen LogP contribution >= 0.6 is 11.3 Å². The van der Waals surface area contributed by atoms with E-state index >= 15 is 0 Å². The first-order valence-corrected chi connectivity index (χ1v) is 11.9. The SMILES string of the molecule is Cc1c(C#N)c(NC(=O)CN2CCN(C(=O)c3cccs3)CC2)n(Cc2ccc(F)cc2)c1C. The van der Waals surface area contributed by atoms with E-state index in [9.17, 15) is 19.2 Å². The van der Waals surface area contributed by atoms with Crippen LogP contribution in [0.2, 0.25) is 0 Å². The van der Waals surface area contributed by atoms with Crippen molar-refractivity contribution in [3.8, 4) is 6.07 Å². The molecule has 0 unspecified atom stereocenters. The van der Waals surface area contributed by atoms with E-state index in [0.29, 0.717) is 44.1 Å². The Kier molecular flexibility index (Phi) is 7.10. The Bertz CT molecular complexity index is 1220. The van der Waals surface area contributed by atoms with Crippen molar-refractivity contribution in [3.63, 3.8) is 0 Å². The number of thiophene rings is 1. The average Bonchev–Trinajstić information content (AvgIpc) is 3.44. The Morgan fingerprint density at radius 1 is 1.12 bits per heavy atom. The standard InChI is InChI=1S/C25H26FN5O2S/c1-17-18(2)31(15-19-5-7-20(26)8-6-19)24(21(17)14-27)28-23(32)16-29-9-11-30(12-10-29)25(33)22-4-3-13-34-22/h3-8,13H,9-12,15-16H2,1-2H3,(H,28,32). The van der Waals surface area contributed by atoms with Crippen LogP contribution in [0.3, 0.4) is 0 Å². The first-order valence-electron chi connectivity index (χ1n) is 11.1. The molecule has 34 heavy (non-hydrogen) atoms. The van der Waals surface area contributed by atoms with E-state index in [-0.39, 0.29) is 24.2 Å². The summed E-state index contributed by atoms with van der Waals surface area (Å²) in [4.78, 5) is 30.0. The van der Waals surface area contributed by atoms with Crippen molar-refractivity contribution < 1.29 is 14.0 Å². The molecular weight excluding hydrogens is 453 g/mol. The van der Waals surface area contributed by atoms with E-state index in [4.69, 9.17) is 0 Å². The van der Waals surface area contributed by atoms with E-state index in [1.165, 1.54) is 23.5 Å². The van der Waals surface area contributed by atoms with Gasteiger partial charge in [-0.1, -0.05) is 18.2 Å². The first kappa shape index (κ1) is 23.7. The first-order chi connectivity index (χ1) is 16.4. The third-order valence-electron chi connectivity index (χ3n) is 6.21. The van der Waals surface area contributed by atoms with Crippen LogP contribution in [-0.2, 0) is 11.3 Å². The number of halogens is 1. The number of aromatic nitrogens is 1. The van der Waals surface area contributed by atoms with Crippen molar-refractivity contribution in [2.24, 2.45) is 0 Å². The quantitative estimate of drug-likeness (QED) is 0.586. The summed E-state index contributed by atoms with van der Waals surface area (Å²) in [7, 11) is 0. The molecule has 7 nitrogen and oxygen atoms in total. The zero-order valence-corrected chi connectivity index (χ0v) is 20.0. The fourth-order valence-electron chi connectivity index (χ4n) is 4.14. The van der Waals surface area contributed by atoms with Crippen LogP contribution in [0.5, 0.6) is 0 Å². The minimum Gasteiger partial charge on any atom is -0.335 e. The molecule has 0 atom stereocenters. The molecule has 0 bridgehead atoms.